The highest BCUT2D eigenvalue weighted by atomic mass is 32.2. The third kappa shape index (κ3) is 2.79. The van der Waals surface area contributed by atoms with Crippen LogP contribution in [0.25, 0.3) is 5.57 Å². The van der Waals surface area contributed by atoms with Gasteiger partial charge in [0.15, 0.2) is 0 Å². The van der Waals surface area contributed by atoms with Crippen LogP contribution in [0, 0.1) is 0 Å². The molecule has 1 aliphatic heterocycles. The molecule has 0 fully saturated rings. The fourth-order valence-corrected chi connectivity index (χ4v) is 3.12. The molecule has 0 N–H and O–H groups in total. The third-order valence-electron chi connectivity index (χ3n) is 2.74. The number of allylic oxidation sites excluding steroid dienone is 2. The van der Waals surface area contributed by atoms with Crippen LogP contribution in [0.1, 0.15) is 18.9 Å². The molecular formula is C13H16N2O2S. The summed E-state index contributed by atoms with van der Waals surface area (Å²) >= 11 is 0. The fraction of sp³-hybridized carbons (Fsp3) is 0.308. The zero-order valence-electron chi connectivity index (χ0n) is 10.3. The monoisotopic (exact) mass is 264 g/mol. The Kier molecular flexibility index (Phi) is 3.81. The molecule has 0 unspecified atom stereocenters. The Bertz CT molecular complexity index is 562. The molecule has 0 bridgehead atoms. The van der Waals surface area contributed by atoms with Gasteiger partial charge in [-0.2, -0.15) is 0 Å². The molecule has 0 aromatic carbocycles. The highest BCUT2D eigenvalue weighted by Gasteiger charge is 2.18. The summed E-state index contributed by atoms with van der Waals surface area (Å²) in [7, 11) is -3.15. The first-order valence-corrected chi connectivity index (χ1v) is 7.52. The van der Waals surface area contributed by atoms with E-state index in [0.29, 0.717) is 13.0 Å². The fourth-order valence-electron chi connectivity index (χ4n) is 1.82. The lowest BCUT2D eigenvalue weighted by Crippen LogP contribution is -2.29. The molecule has 0 saturated heterocycles. The number of rotatable bonds is 4. The van der Waals surface area contributed by atoms with Crippen LogP contribution >= 0.6 is 0 Å². The molecule has 1 aromatic rings. The number of pyridine rings is 1. The lowest BCUT2D eigenvalue weighted by Gasteiger charge is -2.22. The molecule has 0 aliphatic carbocycles. The van der Waals surface area contributed by atoms with E-state index in [-0.39, 0.29) is 5.75 Å². The number of hydrogen-bond donors (Lipinski definition) is 0. The Morgan fingerprint density at radius 2 is 2.06 bits per heavy atom. The van der Waals surface area contributed by atoms with Crippen LogP contribution in [0.2, 0.25) is 0 Å². The smallest absolute Gasteiger partial charge is 0.234 e. The van der Waals surface area contributed by atoms with E-state index in [9.17, 15) is 8.42 Å². The van der Waals surface area contributed by atoms with E-state index in [1.807, 2.05) is 31.2 Å². The summed E-state index contributed by atoms with van der Waals surface area (Å²) in [6.07, 6.45) is 9.47. The topological polar surface area (TPSA) is 50.3 Å². The van der Waals surface area contributed by atoms with Crippen LogP contribution in [-0.4, -0.2) is 30.0 Å². The van der Waals surface area contributed by atoms with Crippen molar-refractivity contribution in [1.82, 2.24) is 9.29 Å². The molecule has 5 heteroatoms. The minimum Gasteiger partial charge on any atom is -0.273 e. The lowest BCUT2D eigenvalue weighted by atomic mass is 10.1. The molecule has 0 radical (unpaired) electrons. The van der Waals surface area contributed by atoms with Crippen molar-refractivity contribution in [1.29, 1.82) is 0 Å². The predicted octanol–water partition coefficient (Wildman–Crippen LogP) is 2.03. The van der Waals surface area contributed by atoms with Crippen molar-refractivity contribution in [3.05, 3.63) is 48.4 Å². The van der Waals surface area contributed by atoms with E-state index in [2.05, 4.69) is 4.98 Å². The van der Waals surface area contributed by atoms with Gasteiger partial charge in [0.25, 0.3) is 0 Å². The van der Waals surface area contributed by atoms with E-state index >= 15 is 0 Å². The van der Waals surface area contributed by atoms with Gasteiger partial charge in [-0.15, -0.1) is 0 Å². The number of sulfonamides is 1. The van der Waals surface area contributed by atoms with Gasteiger partial charge < -0.3 is 0 Å². The normalized spacial score (nSPS) is 15.6. The Balaban J connectivity index is 2.13. The van der Waals surface area contributed by atoms with Crippen LogP contribution < -0.4 is 0 Å². The van der Waals surface area contributed by atoms with E-state index in [4.69, 9.17) is 0 Å². The van der Waals surface area contributed by atoms with Gasteiger partial charge in [-0.3, -0.25) is 9.29 Å². The highest BCUT2D eigenvalue weighted by Crippen LogP contribution is 2.20. The Hall–Kier alpha value is -1.62. The summed E-state index contributed by atoms with van der Waals surface area (Å²) in [5.41, 5.74) is 2.08. The SMILES string of the molecule is CCCS(=O)(=O)N1C=CC(c2ccncc2)=CC1. The second-order valence-electron chi connectivity index (χ2n) is 4.10. The molecule has 96 valence electrons. The van der Waals surface area contributed by atoms with Crippen molar-refractivity contribution < 1.29 is 8.42 Å². The van der Waals surface area contributed by atoms with E-state index in [1.54, 1.807) is 18.6 Å². The minimum absolute atomic E-state index is 0.190. The summed E-state index contributed by atoms with van der Waals surface area (Å²) in [5.74, 6) is 0.190. The molecule has 1 aliphatic rings. The Morgan fingerprint density at radius 1 is 1.33 bits per heavy atom. The van der Waals surface area contributed by atoms with Gasteiger partial charge >= 0.3 is 0 Å². The summed E-state index contributed by atoms with van der Waals surface area (Å²) < 4.78 is 25.1. The summed E-state index contributed by atoms with van der Waals surface area (Å²) in [5, 5.41) is 0. The maximum Gasteiger partial charge on any atom is 0.234 e. The number of nitrogens with zero attached hydrogens (tertiary/aromatic N) is 2. The Morgan fingerprint density at radius 3 is 2.61 bits per heavy atom. The third-order valence-corrected chi connectivity index (χ3v) is 4.65. The Labute approximate surface area is 108 Å². The first-order valence-electron chi connectivity index (χ1n) is 5.92. The molecule has 2 heterocycles. The molecule has 18 heavy (non-hydrogen) atoms. The van der Waals surface area contributed by atoms with Gasteiger partial charge in [-0.25, -0.2) is 8.42 Å². The molecule has 0 spiro atoms. The second-order valence-corrected chi connectivity index (χ2v) is 6.14. The summed E-state index contributed by atoms with van der Waals surface area (Å²) in [6, 6.07) is 3.82. The first kappa shape index (κ1) is 12.8. The molecule has 1 aromatic heterocycles. The zero-order valence-corrected chi connectivity index (χ0v) is 11.1. The largest absolute Gasteiger partial charge is 0.273 e. The number of hydrogen-bond acceptors (Lipinski definition) is 3. The van der Waals surface area contributed by atoms with Gasteiger partial charge in [0.1, 0.15) is 0 Å². The molecular weight excluding hydrogens is 248 g/mol. The van der Waals surface area contributed by atoms with Crippen molar-refractivity contribution in [2.45, 2.75) is 13.3 Å². The van der Waals surface area contributed by atoms with Crippen molar-refractivity contribution >= 4 is 15.6 Å². The molecule has 4 nitrogen and oxygen atoms in total. The van der Waals surface area contributed by atoms with Gasteiger partial charge in [0.05, 0.1) is 12.3 Å². The van der Waals surface area contributed by atoms with Crippen molar-refractivity contribution in [3.63, 3.8) is 0 Å². The molecule has 0 saturated carbocycles. The van der Waals surface area contributed by atoms with E-state index in [1.165, 1.54) is 4.31 Å². The first-order chi connectivity index (χ1) is 8.63. The summed E-state index contributed by atoms with van der Waals surface area (Å²) in [6.45, 7) is 2.26. The van der Waals surface area contributed by atoms with Gasteiger partial charge in [-0.05, 0) is 35.8 Å². The molecule has 2 rings (SSSR count). The van der Waals surface area contributed by atoms with Crippen LogP contribution in [0.3, 0.4) is 0 Å². The van der Waals surface area contributed by atoms with Crippen LogP contribution in [0.5, 0.6) is 0 Å². The van der Waals surface area contributed by atoms with Gasteiger partial charge in [0.2, 0.25) is 10.0 Å². The summed E-state index contributed by atoms with van der Waals surface area (Å²) in [4.78, 5) is 3.96. The van der Waals surface area contributed by atoms with Gasteiger partial charge in [-0.1, -0.05) is 13.0 Å². The average Bonchev–Trinajstić information content (AvgIpc) is 2.40. The maximum atomic E-state index is 11.9. The second kappa shape index (κ2) is 5.35. The quantitative estimate of drug-likeness (QED) is 0.836. The average molecular weight is 264 g/mol. The van der Waals surface area contributed by atoms with Crippen molar-refractivity contribution in [2.75, 3.05) is 12.3 Å². The van der Waals surface area contributed by atoms with Crippen molar-refractivity contribution in [2.24, 2.45) is 0 Å². The standard InChI is InChI=1S/C13H16N2O2S/c1-2-11-18(16,17)15-9-5-13(6-10-15)12-3-7-14-8-4-12/h3-9H,2,10-11H2,1H3. The van der Waals surface area contributed by atoms with Crippen LogP contribution in [-0.2, 0) is 10.0 Å². The molecule has 0 atom stereocenters. The van der Waals surface area contributed by atoms with Crippen LogP contribution in [0.4, 0.5) is 0 Å². The highest BCUT2D eigenvalue weighted by molar-refractivity contribution is 7.89. The lowest BCUT2D eigenvalue weighted by molar-refractivity contribution is 0.520. The van der Waals surface area contributed by atoms with E-state index in [0.717, 1.165) is 11.1 Å². The maximum absolute atomic E-state index is 11.9. The zero-order chi connectivity index (χ0) is 13.0. The van der Waals surface area contributed by atoms with Gasteiger partial charge in [0, 0.05) is 18.6 Å². The number of aromatic nitrogens is 1. The molecule has 0 amide bonds. The minimum atomic E-state index is -3.15. The predicted molar refractivity (Wildman–Crippen MR) is 72.1 cm³/mol. The van der Waals surface area contributed by atoms with Crippen LogP contribution in [0.15, 0.2) is 42.9 Å². The van der Waals surface area contributed by atoms with E-state index < -0.39 is 10.0 Å². The van der Waals surface area contributed by atoms with Crippen molar-refractivity contribution in [3.8, 4) is 0 Å².